The molecule has 2 nitrogen and oxygen atoms in total. The molecule has 1 fully saturated rings. The second-order valence-electron chi connectivity index (χ2n) is 5.64. The van der Waals surface area contributed by atoms with E-state index in [9.17, 15) is 0 Å². The summed E-state index contributed by atoms with van der Waals surface area (Å²) in [5.41, 5.74) is 2.58. The second kappa shape index (κ2) is 10.4. The Morgan fingerprint density at radius 3 is 1.78 bits per heavy atom. The van der Waals surface area contributed by atoms with E-state index < -0.39 is 0 Å². The van der Waals surface area contributed by atoms with Crippen molar-refractivity contribution in [1.29, 1.82) is 0 Å². The summed E-state index contributed by atoms with van der Waals surface area (Å²) in [6, 6.07) is 16.8. The fraction of sp³-hybridized carbons (Fsp3) is 0.333. The summed E-state index contributed by atoms with van der Waals surface area (Å²) in [4.78, 5) is 2.49. The molecule has 0 aliphatic carbocycles. The predicted molar refractivity (Wildman–Crippen MR) is 109 cm³/mol. The third kappa shape index (κ3) is 7.29. The van der Waals surface area contributed by atoms with Gasteiger partial charge in [-0.05, 0) is 21.7 Å². The number of nitrogens with zero attached hydrogens (tertiary/aromatic N) is 1. The molecular weight excluding hydrogens is 342 g/mol. The van der Waals surface area contributed by atoms with Crippen LogP contribution in [0.25, 0.3) is 0 Å². The maximum atomic E-state index is 5.57. The zero-order valence-electron chi connectivity index (χ0n) is 13.3. The van der Waals surface area contributed by atoms with E-state index in [1.165, 1.54) is 34.8 Å². The molecular formula is C18H25ClN2P2. The fourth-order valence-corrected chi connectivity index (χ4v) is 2.92. The van der Waals surface area contributed by atoms with Crippen LogP contribution in [0.2, 0.25) is 0 Å². The molecule has 3 rings (SSSR count). The number of piperazine rings is 1. The van der Waals surface area contributed by atoms with Gasteiger partial charge in [0.05, 0.1) is 0 Å². The predicted octanol–water partition coefficient (Wildman–Crippen LogP) is 2.52. The molecule has 2 aromatic carbocycles. The van der Waals surface area contributed by atoms with E-state index >= 15 is 0 Å². The molecule has 0 spiro atoms. The Hall–Kier alpha value is -0.490. The van der Waals surface area contributed by atoms with Crippen molar-refractivity contribution in [1.82, 2.24) is 10.2 Å². The van der Waals surface area contributed by atoms with Crippen LogP contribution in [0.3, 0.4) is 0 Å². The molecule has 1 saturated heterocycles. The third-order valence-electron chi connectivity index (χ3n) is 3.73. The average molecular weight is 367 g/mol. The van der Waals surface area contributed by atoms with E-state index in [-0.39, 0.29) is 0 Å². The molecule has 2 atom stereocenters. The summed E-state index contributed by atoms with van der Waals surface area (Å²) in [6.07, 6.45) is 0. The molecule has 0 aromatic heterocycles. The second-order valence-corrected chi connectivity index (χ2v) is 7.24. The average Bonchev–Trinajstić information content (AvgIpc) is 2.59. The third-order valence-corrected chi connectivity index (χ3v) is 4.81. The molecule has 1 aliphatic rings. The van der Waals surface area contributed by atoms with Crippen LogP contribution < -0.4 is 15.9 Å². The first-order valence-corrected chi connectivity index (χ1v) is 9.54. The van der Waals surface area contributed by atoms with Gasteiger partial charge in [0.1, 0.15) is 0 Å². The van der Waals surface area contributed by atoms with Crippen LogP contribution in [0.5, 0.6) is 0 Å². The quantitative estimate of drug-likeness (QED) is 0.663. The Morgan fingerprint density at radius 1 is 0.826 bits per heavy atom. The van der Waals surface area contributed by atoms with E-state index in [2.05, 4.69) is 53.0 Å². The van der Waals surface area contributed by atoms with E-state index in [1.807, 2.05) is 24.3 Å². The van der Waals surface area contributed by atoms with Crippen molar-refractivity contribution < 1.29 is 0 Å². The van der Waals surface area contributed by atoms with Crippen LogP contribution in [0, 0.1) is 0 Å². The molecule has 1 N–H and O–H groups in total. The standard InChI is InChI=1S/C11H17N2P.C7H8ClP/c14-11-3-1-10(2-4-11)9-13-7-5-12-6-8-13;8-5-6-1-3-7(9)4-2-6/h1-4,12H,5-9,14H2;1-4H,5,9H2. The summed E-state index contributed by atoms with van der Waals surface area (Å²) in [5.74, 6) is 0.602. The summed E-state index contributed by atoms with van der Waals surface area (Å²) in [5, 5.41) is 5.82. The first-order valence-electron chi connectivity index (χ1n) is 7.85. The maximum Gasteiger partial charge on any atom is 0.0474 e. The highest BCUT2D eigenvalue weighted by molar-refractivity contribution is 7.27. The van der Waals surface area contributed by atoms with Crippen LogP contribution in [0.1, 0.15) is 11.1 Å². The maximum absolute atomic E-state index is 5.57. The molecule has 0 saturated carbocycles. The number of benzene rings is 2. The van der Waals surface area contributed by atoms with Gasteiger partial charge in [-0.25, -0.2) is 0 Å². The lowest BCUT2D eigenvalue weighted by Gasteiger charge is -2.27. The molecule has 0 amide bonds. The van der Waals surface area contributed by atoms with Crippen LogP contribution >= 0.6 is 30.1 Å². The van der Waals surface area contributed by atoms with E-state index in [1.54, 1.807) is 0 Å². The monoisotopic (exact) mass is 366 g/mol. The van der Waals surface area contributed by atoms with E-state index in [0.717, 1.165) is 19.6 Å². The van der Waals surface area contributed by atoms with Gasteiger partial charge >= 0.3 is 0 Å². The van der Waals surface area contributed by atoms with Crippen molar-refractivity contribution >= 4 is 40.7 Å². The summed E-state index contributed by atoms with van der Waals surface area (Å²) in [6.45, 7) is 5.68. The number of hydrogen-bond acceptors (Lipinski definition) is 2. The number of hydrogen-bond donors (Lipinski definition) is 1. The van der Waals surface area contributed by atoms with Crippen LogP contribution in [0.4, 0.5) is 0 Å². The van der Waals surface area contributed by atoms with Gasteiger partial charge < -0.3 is 5.32 Å². The highest BCUT2D eigenvalue weighted by Gasteiger charge is 2.09. The summed E-state index contributed by atoms with van der Waals surface area (Å²) in [7, 11) is 5.35. The topological polar surface area (TPSA) is 15.3 Å². The Bertz CT molecular complexity index is 567. The molecule has 5 heteroatoms. The number of nitrogens with one attached hydrogen (secondary N) is 1. The molecule has 0 bridgehead atoms. The zero-order chi connectivity index (χ0) is 16.5. The van der Waals surface area contributed by atoms with Crippen LogP contribution in [0.15, 0.2) is 48.5 Å². The molecule has 124 valence electrons. The van der Waals surface area contributed by atoms with Crippen molar-refractivity contribution in [2.75, 3.05) is 26.2 Å². The Balaban J connectivity index is 0.000000185. The Kier molecular flexibility index (Phi) is 8.51. The largest absolute Gasteiger partial charge is 0.314 e. The summed E-state index contributed by atoms with van der Waals surface area (Å²) < 4.78 is 0. The van der Waals surface area contributed by atoms with Gasteiger partial charge in [-0.1, -0.05) is 48.5 Å². The molecule has 2 unspecified atom stereocenters. The molecule has 1 aliphatic heterocycles. The molecule has 2 aromatic rings. The fourth-order valence-electron chi connectivity index (χ4n) is 2.36. The first kappa shape index (κ1) is 18.8. The van der Waals surface area contributed by atoms with Gasteiger partial charge in [0.15, 0.2) is 0 Å². The SMILES string of the molecule is Pc1ccc(CCl)cc1.Pc1ccc(CN2CCNCC2)cc1. The Morgan fingerprint density at radius 2 is 1.30 bits per heavy atom. The zero-order valence-corrected chi connectivity index (χ0v) is 16.4. The highest BCUT2D eigenvalue weighted by atomic mass is 35.5. The minimum atomic E-state index is 0.602. The van der Waals surface area contributed by atoms with E-state index in [0.29, 0.717) is 5.88 Å². The lowest BCUT2D eigenvalue weighted by Crippen LogP contribution is -2.42. The van der Waals surface area contributed by atoms with Crippen LogP contribution in [-0.2, 0) is 12.4 Å². The number of halogens is 1. The van der Waals surface area contributed by atoms with Crippen molar-refractivity contribution in [3.8, 4) is 0 Å². The minimum absolute atomic E-state index is 0.602. The van der Waals surface area contributed by atoms with Gasteiger partial charge in [0, 0.05) is 38.6 Å². The van der Waals surface area contributed by atoms with Gasteiger partial charge in [-0.3, -0.25) is 4.90 Å². The van der Waals surface area contributed by atoms with Gasteiger partial charge in [-0.15, -0.1) is 30.1 Å². The van der Waals surface area contributed by atoms with Crippen molar-refractivity contribution in [2.45, 2.75) is 12.4 Å². The highest BCUT2D eigenvalue weighted by Crippen LogP contribution is 2.05. The van der Waals surface area contributed by atoms with Crippen LogP contribution in [-0.4, -0.2) is 31.1 Å². The van der Waals surface area contributed by atoms with Gasteiger partial charge in [0.25, 0.3) is 0 Å². The molecule has 1 heterocycles. The minimum Gasteiger partial charge on any atom is -0.314 e. The van der Waals surface area contributed by atoms with Crippen molar-refractivity contribution in [3.05, 3.63) is 59.7 Å². The van der Waals surface area contributed by atoms with Crippen molar-refractivity contribution in [3.63, 3.8) is 0 Å². The lowest BCUT2D eigenvalue weighted by atomic mass is 10.2. The number of rotatable bonds is 3. The normalized spacial score (nSPS) is 14.9. The molecule has 23 heavy (non-hydrogen) atoms. The molecule has 0 radical (unpaired) electrons. The number of alkyl halides is 1. The first-order chi connectivity index (χ1) is 11.2. The summed E-state index contributed by atoms with van der Waals surface area (Å²) >= 11 is 5.57. The van der Waals surface area contributed by atoms with Crippen molar-refractivity contribution in [2.24, 2.45) is 0 Å². The lowest BCUT2D eigenvalue weighted by molar-refractivity contribution is 0.233. The van der Waals surface area contributed by atoms with E-state index in [4.69, 9.17) is 11.6 Å². The Labute approximate surface area is 149 Å². The smallest absolute Gasteiger partial charge is 0.0474 e. The van der Waals surface area contributed by atoms with Gasteiger partial charge in [0.2, 0.25) is 0 Å². The van der Waals surface area contributed by atoms with Gasteiger partial charge in [-0.2, -0.15) is 0 Å².